The number of carboxylic acid groups (broad SMARTS) is 1. The summed E-state index contributed by atoms with van der Waals surface area (Å²) in [6, 6.07) is 8.64. The molecule has 0 saturated carbocycles. The minimum absolute atomic E-state index is 0.408. The summed E-state index contributed by atoms with van der Waals surface area (Å²) >= 11 is 5.03. The summed E-state index contributed by atoms with van der Waals surface area (Å²) in [5.74, 6) is -1.14. The van der Waals surface area contributed by atoms with Crippen LogP contribution in [-0.2, 0) is 21.9 Å². The Kier molecular flexibility index (Phi) is 8.85. The number of aliphatic carboxylic acids is 1. The Labute approximate surface area is 171 Å². The molecule has 1 N–H and O–H groups in total. The van der Waals surface area contributed by atoms with Crippen molar-refractivity contribution in [3.63, 3.8) is 0 Å². The molecule has 0 heterocycles. The SMILES string of the molecule is O=C(Cl)/C=C/c1ccc(C(F)(F)F)cc1.O=C(O)/C=C/c1ccc(C(F)(F)F)cc1. The lowest BCUT2D eigenvalue weighted by Crippen LogP contribution is -2.03. The Bertz CT molecular complexity index is 834. The molecule has 0 amide bonds. The number of benzene rings is 2. The van der Waals surface area contributed by atoms with E-state index in [1.807, 2.05) is 0 Å². The van der Waals surface area contributed by atoms with Gasteiger partial charge in [0.2, 0.25) is 5.24 Å². The van der Waals surface area contributed by atoms with Crippen LogP contribution in [0.2, 0.25) is 0 Å². The van der Waals surface area contributed by atoms with Crippen LogP contribution in [0, 0.1) is 0 Å². The fourth-order valence-electron chi connectivity index (χ4n) is 1.90. The lowest BCUT2D eigenvalue weighted by atomic mass is 10.1. The van der Waals surface area contributed by atoms with E-state index in [4.69, 9.17) is 16.7 Å². The zero-order valence-electron chi connectivity index (χ0n) is 14.8. The fraction of sp³-hybridized carbons (Fsp3) is 0.100. The molecule has 0 aromatic heterocycles. The summed E-state index contributed by atoms with van der Waals surface area (Å²) in [5.41, 5.74) is -0.589. The number of carbonyl (C=O) groups excluding carboxylic acids is 1. The number of carboxylic acids is 1. The molecular weight excluding hydrogens is 438 g/mol. The van der Waals surface area contributed by atoms with Crippen LogP contribution in [0.1, 0.15) is 22.3 Å². The molecule has 0 aliphatic heterocycles. The number of hydrogen-bond donors (Lipinski definition) is 1. The highest BCUT2D eigenvalue weighted by Gasteiger charge is 2.30. The van der Waals surface area contributed by atoms with E-state index in [1.165, 1.54) is 36.4 Å². The molecule has 10 heteroatoms. The first-order chi connectivity index (χ1) is 13.8. The van der Waals surface area contributed by atoms with E-state index in [9.17, 15) is 35.9 Å². The van der Waals surface area contributed by atoms with Crippen molar-refractivity contribution in [2.45, 2.75) is 12.4 Å². The lowest BCUT2D eigenvalue weighted by molar-refractivity contribution is -0.138. The highest BCUT2D eigenvalue weighted by molar-refractivity contribution is 6.66. The smallest absolute Gasteiger partial charge is 0.416 e. The molecule has 0 saturated heterocycles. The van der Waals surface area contributed by atoms with Crippen LogP contribution in [0.5, 0.6) is 0 Å². The molecular formula is C20H13ClF6O3. The van der Waals surface area contributed by atoms with E-state index in [0.717, 1.165) is 36.4 Å². The van der Waals surface area contributed by atoms with Crippen molar-refractivity contribution in [2.75, 3.05) is 0 Å². The molecule has 30 heavy (non-hydrogen) atoms. The van der Waals surface area contributed by atoms with E-state index in [1.54, 1.807) is 0 Å². The van der Waals surface area contributed by atoms with E-state index < -0.39 is 34.7 Å². The Morgan fingerprint density at radius 2 is 1.03 bits per heavy atom. The molecule has 0 aliphatic carbocycles. The third kappa shape index (κ3) is 9.42. The summed E-state index contributed by atoms with van der Waals surface area (Å²) < 4.78 is 72.8. The van der Waals surface area contributed by atoms with Gasteiger partial charge in [0, 0.05) is 6.08 Å². The molecule has 160 valence electrons. The first kappa shape index (κ1) is 25.0. The Hall–Kier alpha value is -3.07. The quantitative estimate of drug-likeness (QED) is 0.338. The molecule has 0 spiro atoms. The van der Waals surface area contributed by atoms with Gasteiger partial charge in [0.05, 0.1) is 11.1 Å². The highest BCUT2D eigenvalue weighted by Crippen LogP contribution is 2.30. The molecule has 0 fully saturated rings. The second-order valence-electron chi connectivity index (χ2n) is 5.55. The number of allylic oxidation sites excluding steroid dienone is 1. The first-order valence-electron chi connectivity index (χ1n) is 7.92. The molecule has 2 aromatic carbocycles. The van der Waals surface area contributed by atoms with Crippen molar-refractivity contribution in [1.82, 2.24) is 0 Å². The molecule has 0 aliphatic rings. The van der Waals surface area contributed by atoms with Gasteiger partial charge in [-0.3, -0.25) is 4.79 Å². The first-order valence-corrected chi connectivity index (χ1v) is 8.30. The molecule has 0 atom stereocenters. The third-order valence-corrected chi connectivity index (χ3v) is 3.43. The average molecular weight is 451 g/mol. The van der Waals surface area contributed by atoms with Crippen LogP contribution < -0.4 is 0 Å². The van der Waals surface area contributed by atoms with Gasteiger partial charge >= 0.3 is 18.3 Å². The van der Waals surface area contributed by atoms with Crippen LogP contribution in [0.25, 0.3) is 12.2 Å². The normalized spacial score (nSPS) is 12.0. The molecule has 0 bridgehead atoms. The van der Waals surface area contributed by atoms with Gasteiger partial charge < -0.3 is 5.11 Å². The van der Waals surface area contributed by atoms with Crippen molar-refractivity contribution < 1.29 is 41.0 Å². The van der Waals surface area contributed by atoms with Gasteiger partial charge in [-0.1, -0.05) is 30.3 Å². The van der Waals surface area contributed by atoms with Gasteiger partial charge in [0.25, 0.3) is 0 Å². The van der Waals surface area contributed by atoms with E-state index >= 15 is 0 Å². The van der Waals surface area contributed by atoms with Gasteiger partial charge in [-0.15, -0.1) is 0 Å². The van der Waals surface area contributed by atoms with Crippen LogP contribution in [0.15, 0.2) is 60.7 Å². The molecule has 2 aromatic rings. The van der Waals surface area contributed by atoms with Crippen molar-refractivity contribution in [3.05, 3.63) is 82.9 Å². The summed E-state index contributed by atoms with van der Waals surface area (Å²) in [6.45, 7) is 0. The van der Waals surface area contributed by atoms with Crippen molar-refractivity contribution in [1.29, 1.82) is 0 Å². The second kappa shape index (κ2) is 10.6. The monoisotopic (exact) mass is 450 g/mol. The third-order valence-electron chi connectivity index (χ3n) is 3.30. The maximum atomic E-state index is 12.1. The molecule has 2 rings (SSSR count). The fourth-order valence-corrected chi connectivity index (χ4v) is 1.96. The second-order valence-corrected chi connectivity index (χ2v) is 5.92. The lowest BCUT2D eigenvalue weighted by Gasteiger charge is -2.05. The van der Waals surface area contributed by atoms with Crippen LogP contribution in [0.4, 0.5) is 26.3 Å². The van der Waals surface area contributed by atoms with Crippen LogP contribution in [-0.4, -0.2) is 16.3 Å². The largest absolute Gasteiger partial charge is 0.478 e. The Balaban J connectivity index is 0.000000300. The summed E-state index contributed by atoms with van der Waals surface area (Å²) in [6.07, 6.45) is -4.20. The van der Waals surface area contributed by atoms with E-state index in [-0.39, 0.29) is 0 Å². The average Bonchev–Trinajstić information content (AvgIpc) is 2.64. The zero-order valence-corrected chi connectivity index (χ0v) is 15.6. The van der Waals surface area contributed by atoms with Gasteiger partial charge in [-0.05, 0) is 59.1 Å². The Morgan fingerprint density at radius 3 is 1.30 bits per heavy atom. The molecule has 0 unspecified atom stereocenters. The number of alkyl halides is 6. The van der Waals surface area contributed by atoms with Crippen molar-refractivity contribution in [2.24, 2.45) is 0 Å². The topological polar surface area (TPSA) is 54.4 Å². The minimum atomic E-state index is -4.37. The van der Waals surface area contributed by atoms with Gasteiger partial charge in [0.15, 0.2) is 0 Å². The number of halogens is 7. The maximum absolute atomic E-state index is 12.1. The van der Waals surface area contributed by atoms with Crippen LogP contribution in [0.3, 0.4) is 0 Å². The summed E-state index contributed by atoms with van der Waals surface area (Å²) in [4.78, 5) is 20.5. The van der Waals surface area contributed by atoms with E-state index in [0.29, 0.717) is 11.1 Å². The zero-order chi connectivity index (χ0) is 22.9. The predicted molar refractivity (Wildman–Crippen MR) is 99.5 cm³/mol. The summed E-state index contributed by atoms with van der Waals surface area (Å²) in [7, 11) is 0. The molecule has 0 radical (unpaired) electrons. The van der Waals surface area contributed by atoms with Gasteiger partial charge in [-0.2, -0.15) is 26.3 Å². The number of hydrogen-bond acceptors (Lipinski definition) is 2. The van der Waals surface area contributed by atoms with Gasteiger partial charge in [0.1, 0.15) is 0 Å². The van der Waals surface area contributed by atoms with Crippen LogP contribution >= 0.6 is 11.6 Å². The molecule has 3 nitrogen and oxygen atoms in total. The van der Waals surface area contributed by atoms with Crippen molar-refractivity contribution in [3.8, 4) is 0 Å². The predicted octanol–water partition coefficient (Wildman–Crippen LogP) is 6.29. The Morgan fingerprint density at radius 1 is 0.700 bits per heavy atom. The number of carbonyl (C=O) groups is 2. The van der Waals surface area contributed by atoms with Gasteiger partial charge in [-0.25, -0.2) is 4.79 Å². The maximum Gasteiger partial charge on any atom is 0.416 e. The highest BCUT2D eigenvalue weighted by atomic mass is 35.5. The standard InChI is InChI=1S/C10H6ClF3O.C10H7F3O2/c11-9(15)6-3-7-1-4-8(5-2-7)10(12,13)14;11-10(12,13)8-4-1-7(2-5-8)3-6-9(14)15/h1-6H;1-6H,(H,14,15)/b2*6-3+. The van der Waals surface area contributed by atoms with Crippen molar-refractivity contribution >= 4 is 35.0 Å². The minimum Gasteiger partial charge on any atom is -0.478 e. The summed E-state index contributed by atoms with van der Waals surface area (Å²) in [5, 5.41) is 7.62. The van der Waals surface area contributed by atoms with E-state index in [2.05, 4.69) is 0 Å². The number of rotatable bonds is 4.